The Morgan fingerprint density at radius 1 is 1.05 bits per heavy atom. The van der Waals surface area contributed by atoms with Gasteiger partial charge in [-0.25, -0.2) is 0 Å². The van der Waals surface area contributed by atoms with Crippen LogP contribution in [0, 0.1) is 13.8 Å². The van der Waals surface area contributed by atoms with Crippen LogP contribution in [0.15, 0.2) is 60.9 Å². The third-order valence-electron chi connectivity index (χ3n) is 2.94. The number of nitrogens with one attached hydrogen (secondary N) is 1. The van der Waals surface area contributed by atoms with E-state index in [1.807, 2.05) is 62.4 Å². The summed E-state index contributed by atoms with van der Waals surface area (Å²) in [6.45, 7) is 4.05. The van der Waals surface area contributed by atoms with Gasteiger partial charge in [0.2, 0.25) is 0 Å². The lowest BCUT2D eigenvalue weighted by atomic mass is 10.1. The number of amides is 1. The van der Waals surface area contributed by atoms with Crippen molar-refractivity contribution in [1.29, 1.82) is 0 Å². The number of para-hydroxylation sites is 1. The van der Waals surface area contributed by atoms with E-state index in [0.29, 0.717) is 5.75 Å². The molecule has 0 unspecified atom stereocenters. The standard InChI is InChI=1S/C17H17NO2/c1-13-8-9-15(12-14(13)2)18-17(19)10-11-20-16-6-4-3-5-7-16/h3-12H,1-2H3,(H,18,19). The average molecular weight is 267 g/mol. The van der Waals surface area contributed by atoms with Gasteiger partial charge in [0.25, 0.3) is 5.91 Å². The van der Waals surface area contributed by atoms with Gasteiger partial charge in [0.15, 0.2) is 0 Å². The van der Waals surface area contributed by atoms with Crippen molar-refractivity contribution in [2.75, 3.05) is 5.32 Å². The lowest BCUT2D eigenvalue weighted by Gasteiger charge is -2.05. The van der Waals surface area contributed by atoms with Crippen LogP contribution in [-0.4, -0.2) is 5.91 Å². The van der Waals surface area contributed by atoms with Gasteiger partial charge in [0, 0.05) is 11.8 Å². The maximum absolute atomic E-state index is 11.7. The highest BCUT2D eigenvalue weighted by Crippen LogP contribution is 2.14. The molecule has 0 aliphatic carbocycles. The smallest absolute Gasteiger partial charge is 0.251 e. The van der Waals surface area contributed by atoms with Crippen molar-refractivity contribution in [3.63, 3.8) is 0 Å². The van der Waals surface area contributed by atoms with E-state index in [2.05, 4.69) is 5.32 Å². The van der Waals surface area contributed by atoms with Crippen LogP contribution in [0.25, 0.3) is 0 Å². The minimum absolute atomic E-state index is 0.218. The number of aryl methyl sites for hydroxylation is 2. The van der Waals surface area contributed by atoms with E-state index in [-0.39, 0.29) is 5.91 Å². The summed E-state index contributed by atoms with van der Waals surface area (Å²) in [6.07, 6.45) is 2.74. The van der Waals surface area contributed by atoms with E-state index < -0.39 is 0 Å². The number of anilines is 1. The van der Waals surface area contributed by atoms with Crippen molar-refractivity contribution < 1.29 is 9.53 Å². The fourth-order valence-electron chi connectivity index (χ4n) is 1.68. The van der Waals surface area contributed by atoms with Gasteiger partial charge in [0.1, 0.15) is 5.75 Å². The molecule has 20 heavy (non-hydrogen) atoms. The van der Waals surface area contributed by atoms with Gasteiger partial charge in [-0.3, -0.25) is 4.79 Å². The van der Waals surface area contributed by atoms with Crippen molar-refractivity contribution in [3.05, 3.63) is 72.0 Å². The van der Waals surface area contributed by atoms with Crippen molar-refractivity contribution in [3.8, 4) is 5.75 Å². The zero-order valence-corrected chi connectivity index (χ0v) is 11.6. The first-order chi connectivity index (χ1) is 9.65. The number of benzene rings is 2. The van der Waals surface area contributed by atoms with E-state index in [1.54, 1.807) is 0 Å². The van der Waals surface area contributed by atoms with Gasteiger partial charge in [0.05, 0.1) is 6.26 Å². The molecular formula is C17H17NO2. The van der Waals surface area contributed by atoms with Crippen LogP contribution in [0.1, 0.15) is 11.1 Å². The number of carbonyl (C=O) groups is 1. The second-order valence-electron chi connectivity index (χ2n) is 4.52. The lowest BCUT2D eigenvalue weighted by Crippen LogP contribution is -2.08. The first kappa shape index (κ1) is 13.9. The van der Waals surface area contributed by atoms with Crippen molar-refractivity contribution in [1.82, 2.24) is 0 Å². The molecule has 2 rings (SSSR count). The summed E-state index contributed by atoms with van der Waals surface area (Å²) in [5.74, 6) is 0.479. The predicted octanol–water partition coefficient (Wildman–Crippen LogP) is 3.83. The van der Waals surface area contributed by atoms with Crippen LogP contribution in [-0.2, 0) is 4.79 Å². The van der Waals surface area contributed by atoms with E-state index in [1.165, 1.54) is 17.9 Å². The monoisotopic (exact) mass is 267 g/mol. The first-order valence-corrected chi connectivity index (χ1v) is 6.41. The predicted molar refractivity (Wildman–Crippen MR) is 80.8 cm³/mol. The normalized spacial score (nSPS) is 10.5. The maximum atomic E-state index is 11.7. The summed E-state index contributed by atoms with van der Waals surface area (Å²) in [6, 6.07) is 15.1. The molecule has 0 aromatic heterocycles. The fraction of sp³-hybridized carbons (Fsp3) is 0.118. The molecule has 3 heteroatoms. The Hall–Kier alpha value is -2.55. The third-order valence-corrected chi connectivity index (χ3v) is 2.94. The molecule has 102 valence electrons. The van der Waals surface area contributed by atoms with E-state index in [0.717, 1.165) is 11.3 Å². The molecule has 1 amide bonds. The Kier molecular flexibility index (Phi) is 4.56. The highest BCUT2D eigenvalue weighted by molar-refractivity contribution is 5.99. The average Bonchev–Trinajstić information content (AvgIpc) is 2.44. The molecule has 1 N–H and O–H groups in total. The second kappa shape index (κ2) is 6.57. The summed E-state index contributed by atoms with van der Waals surface area (Å²) in [7, 11) is 0. The quantitative estimate of drug-likeness (QED) is 0.675. The molecular weight excluding hydrogens is 250 g/mol. The summed E-state index contributed by atoms with van der Waals surface area (Å²) >= 11 is 0. The SMILES string of the molecule is Cc1ccc(NC(=O)C=COc2ccccc2)cc1C. The zero-order chi connectivity index (χ0) is 14.4. The lowest BCUT2D eigenvalue weighted by molar-refractivity contribution is -0.112. The molecule has 0 heterocycles. The molecule has 2 aromatic rings. The van der Waals surface area contributed by atoms with Crippen LogP contribution >= 0.6 is 0 Å². The summed E-state index contributed by atoms with van der Waals surface area (Å²) in [4.78, 5) is 11.7. The molecule has 2 aromatic carbocycles. The van der Waals surface area contributed by atoms with Gasteiger partial charge >= 0.3 is 0 Å². The Morgan fingerprint density at radius 2 is 1.80 bits per heavy atom. The molecule has 0 aliphatic heterocycles. The minimum atomic E-state index is -0.218. The molecule has 3 nitrogen and oxygen atoms in total. The molecule has 0 saturated heterocycles. The van der Waals surface area contributed by atoms with Crippen LogP contribution in [0.3, 0.4) is 0 Å². The van der Waals surface area contributed by atoms with Gasteiger partial charge < -0.3 is 10.1 Å². The van der Waals surface area contributed by atoms with Crippen LogP contribution < -0.4 is 10.1 Å². The highest BCUT2D eigenvalue weighted by Gasteiger charge is 1.99. The Morgan fingerprint density at radius 3 is 2.50 bits per heavy atom. The molecule has 0 fully saturated rings. The zero-order valence-electron chi connectivity index (χ0n) is 11.6. The fourth-order valence-corrected chi connectivity index (χ4v) is 1.68. The highest BCUT2D eigenvalue weighted by atomic mass is 16.5. The molecule has 0 atom stereocenters. The second-order valence-corrected chi connectivity index (χ2v) is 4.52. The summed E-state index contributed by atoms with van der Waals surface area (Å²) < 4.78 is 5.32. The van der Waals surface area contributed by atoms with Gasteiger partial charge in [-0.05, 0) is 49.2 Å². The van der Waals surface area contributed by atoms with E-state index in [9.17, 15) is 4.79 Å². The first-order valence-electron chi connectivity index (χ1n) is 6.41. The Balaban J connectivity index is 1.90. The Bertz CT molecular complexity index is 618. The van der Waals surface area contributed by atoms with Gasteiger partial charge in [-0.1, -0.05) is 24.3 Å². The summed E-state index contributed by atoms with van der Waals surface area (Å²) in [5, 5.41) is 2.79. The number of ether oxygens (including phenoxy) is 1. The molecule has 0 aliphatic rings. The van der Waals surface area contributed by atoms with E-state index >= 15 is 0 Å². The van der Waals surface area contributed by atoms with Crippen LogP contribution in [0.4, 0.5) is 5.69 Å². The van der Waals surface area contributed by atoms with Gasteiger partial charge in [-0.15, -0.1) is 0 Å². The molecule has 0 bridgehead atoms. The maximum Gasteiger partial charge on any atom is 0.251 e. The molecule has 0 saturated carbocycles. The third kappa shape index (κ3) is 3.99. The van der Waals surface area contributed by atoms with Crippen molar-refractivity contribution in [2.24, 2.45) is 0 Å². The Labute approximate surface area is 118 Å². The number of carbonyl (C=O) groups excluding carboxylic acids is 1. The van der Waals surface area contributed by atoms with Crippen molar-refractivity contribution >= 4 is 11.6 Å². The molecule has 0 spiro atoms. The van der Waals surface area contributed by atoms with Crippen LogP contribution in [0.2, 0.25) is 0 Å². The largest absolute Gasteiger partial charge is 0.465 e. The van der Waals surface area contributed by atoms with E-state index in [4.69, 9.17) is 4.74 Å². The van der Waals surface area contributed by atoms with Crippen molar-refractivity contribution in [2.45, 2.75) is 13.8 Å². The van der Waals surface area contributed by atoms with Gasteiger partial charge in [-0.2, -0.15) is 0 Å². The van der Waals surface area contributed by atoms with Crippen LogP contribution in [0.5, 0.6) is 5.75 Å². The summed E-state index contributed by atoms with van der Waals surface area (Å²) in [5.41, 5.74) is 3.13. The number of hydrogen-bond donors (Lipinski definition) is 1. The number of hydrogen-bond acceptors (Lipinski definition) is 2. The minimum Gasteiger partial charge on any atom is -0.465 e. The number of rotatable bonds is 4. The molecule has 0 radical (unpaired) electrons. The topological polar surface area (TPSA) is 38.3 Å².